The van der Waals surface area contributed by atoms with E-state index in [0.29, 0.717) is 0 Å². The van der Waals surface area contributed by atoms with Crippen molar-refractivity contribution in [3.63, 3.8) is 0 Å². The maximum absolute atomic E-state index is 6.04. The highest BCUT2D eigenvalue weighted by atomic mass is 32.2. The lowest BCUT2D eigenvalue weighted by Crippen LogP contribution is -2.46. The summed E-state index contributed by atoms with van der Waals surface area (Å²) in [6.45, 7) is 6.38. The summed E-state index contributed by atoms with van der Waals surface area (Å²) in [5.41, 5.74) is 6.02. The second-order valence-corrected chi connectivity index (χ2v) is 4.72. The third-order valence-electron chi connectivity index (χ3n) is 2.12. The van der Waals surface area contributed by atoms with Crippen LogP contribution in [0.5, 0.6) is 0 Å². The van der Waals surface area contributed by atoms with Gasteiger partial charge in [0.25, 0.3) is 0 Å². The van der Waals surface area contributed by atoms with Crippen molar-refractivity contribution in [3.8, 4) is 0 Å². The molecule has 0 saturated carbocycles. The van der Waals surface area contributed by atoms with Crippen LogP contribution in [0, 0.1) is 0 Å². The summed E-state index contributed by atoms with van der Waals surface area (Å²) in [4.78, 5) is 2.31. The van der Waals surface area contributed by atoms with E-state index in [9.17, 15) is 0 Å². The molecule has 0 radical (unpaired) electrons. The van der Waals surface area contributed by atoms with E-state index in [0.717, 1.165) is 19.5 Å². The molecule has 0 amide bonds. The van der Waals surface area contributed by atoms with Crippen molar-refractivity contribution in [1.29, 1.82) is 0 Å². The van der Waals surface area contributed by atoms with Gasteiger partial charge < -0.3 is 10.6 Å². The quantitative estimate of drug-likeness (QED) is 0.686. The van der Waals surface area contributed by atoms with Gasteiger partial charge in [-0.2, -0.15) is 11.8 Å². The van der Waals surface area contributed by atoms with Gasteiger partial charge in [-0.3, -0.25) is 0 Å². The molecule has 12 heavy (non-hydrogen) atoms. The van der Waals surface area contributed by atoms with Crippen LogP contribution in [0.25, 0.3) is 0 Å². The number of hydrogen-bond donors (Lipinski definition) is 1. The maximum Gasteiger partial charge on any atom is 0.0252 e. The highest BCUT2D eigenvalue weighted by Crippen LogP contribution is 2.06. The standard InChI is InChI=1S/C9H22N2S/c1-5-9(2,10)8-11(3)6-7-12-4/h5-8,10H2,1-4H3. The third-order valence-corrected chi connectivity index (χ3v) is 2.71. The first kappa shape index (κ1) is 12.3. The predicted octanol–water partition coefficient (Wildman–Crippen LogP) is 1.41. The van der Waals surface area contributed by atoms with Crippen molar-refractivity contribution >= 4 is 11.8 Å². The van der Waals surface area contributed by atoms with Crippen LogP contribution in [0.4, 0.5) is 0 Å². The molecule has 0 fully saturated rings. The molecular weight excluding hydrogens is 168 g/mol. The number of hydrogen-bond acceptors (Lipinski definition) is 3. The van der Waals surface area contributed by atoms with Crippen molar-refractivity contribution in [2.75, 3.05) is 32.1 Å². The molecule has 1 atom stereocenters. The first-order valence-electron chi connectivity index (χ1n) is 4.48. The third kappa shape index (κ3) is 5.86. The lowest BCUT2D eigenvalue weighted by molar-refractivity contribution is 0.265. The minimum Gasteiger partial charge on any atom is -0.324 e. The zero-order valence-corrected chi connectivity index (χ0v) is 9.58. The molecule has 1 unspecified atom stereocenters. The van der Waals surface area contributed by atoms with Gasteiger partial charge in [-0.05, 0) is 26.6 Å². The van der Waals surface area contributed by atoms with Gasteiger partial charge in [0.2, 0.25) is 0 Å². The Morgan fingerprint density at radius 2 is 2.08 bits per heavy atom. The second-order valence-electron chi connectivity index (χ2n) is 3.74. The predicted molar refractivity (Wildman–Crippen MR) is 58.8 cm³/mol. The average Bonchev–Trinajstić information content (AvgIpc) is 2.00. The molecule has 0 aliphatic carbocycles. The van der Waals surface area contributed by atoms with E-state index >= 15 is 0 Å². The van der Waals surface area contributed by atoms with Gasteiger partial charge in [0.05, 0.1) is 0 Å². The van der Waals surface area contributed by atoms with E-state index < -0.39 is 0 Å². The van der Waals surface area contributed by atoms with Crippen LogP contribution >= 0.6 is 11.8 Å². The fourth-order valence-corrected chi connectivity index (χ4v) is 1.55. The second kappa shape index (κ2) is 5.84. The lowest BCUT2D eigenvalue weighted by Gasteiger charge is -2.28. The Hall–Kier alpha value is 0.270. The molecule has 0 rings (SSSR count). The molecule has 0 bridgehead atoms. The lowest BCUT2D eigenvalue weighted by atomic mass is 10.0. The fraction of sp³-hybridized carbons (Fsp3) is 1.00. The van der Waals surface area contributed by atoms with Crippen molar-refractivity contribution in [2.45, 2.75) is 25.8 Å². The van der Waals surface area contributed by atoms with Gasteiger partial charge in [-0.25, -0.2) is 0 Å². The summed E-state index contributed by atoms with van der Waals surface area (Å²) in [6, 6.07) is 0. The van der Waals surface area contributed by atoms with Crippen LogP contribution in [0.3, 0.4) is 0 Å². The summed E-state index contributed by atoms with van der Waals surface area (Å²) in [5, 5.41) is 0. The van der Waals surface area contributed by atoms with Crippen molar-refractivity contribution in [2.24, 2.45) is 5.73 Å². The maximum atomic E-state index is 6.04. The average molecular weight is 190 g/mol. The molecule has 0 spiro atoms. The summed E-state index contributed by atoms with van der Waals surface area (Å²) >= 11 is 1.88. The minimum absolute atomic E-state index is 0.0207. The highest BCUT2D eigenvalue weighted by Gasteiger charge is 2.17. The molecule has 3 heteroatoms. The Bertz CT molecular complexity index is 115. The Morgan fingerprint density at radius 3 is 2.50 bits per heavy atom. The molecule has 74 valence electrons. The smallest absolute Gasteiger partial charge is 0.0252 e. The van der Waals surface area contributed by atoms with Gasteiger partial charge >= 0.3 is 0 Å². The van der Waals surface area contributed by atoms with E-state index in [1.807, 2.05) is 11.8 Å². The van der Waals surface area contributed by atoms with E-state index in [2.05, 4.69) is 32.1 Å². The van der Waals surface area contributed by atoms with Gasteiger partial charge in [-0.15, -0.1) is 0 Å². The fourth-order valence-electron chi connectivity index (χ4n) is 1.05. The zero-order chi connectivity index (χ0) is 9.61. The summed E-state index contributed by atoms with van der Waals surface area (Å²) < 4.78 is 0. The van der Waals surface area contributed by atoms with E-state index in [1.54, 1.807) is 0 Å². The molecule has 0 aliphatic heterocycles. The van der Waals surface area contributed by atoms with Crippen LogP contribution in [0.1, 0.15) is 20.3 Å². The molecule has 2 nitrogen and oxygen atoms in total. The number of nitrogens with zero attached hydrogens (tertiary/aromatic N) is 1. The topological polar surface area (TPSA) is 29.3 Å². The van der Waals surface area contributed by atoms with Crippen LogP contribution in [-0.4, -0.2) is 42.6 Å². The number of rotatable bonds is 6. The molecule has 0 aromatic carbocycles. The van der Waals surface area contributed by atoms with Crippen LogP contribution in [0.2, 0.25) is 0 Å². The molecule has 0 heterocycles. The van der Waals surface area contributed by atoms with E-state index in [4.69, 9.17) is 5.73 Å². The number of thioether (sulfide) groups is 1. The van der Waals surface area contributed by atoms with Crippen LogP contribution in [0.15, 0.2) is 0 Å². The Kier molecular flexibility index (Phi) is 5.97. The molecule has 0 aliphatic rings. The van der Waals surface area contributed by atoms with E-state index in [1.165, 1.54) is 5.75 Å². The van der Waals surface area contributed by atoms with Crippen molar-refractivity contribution in [1.82, 2.24) is 4.90 Å². The van der Waals surface area contributed by atoms with Crippen LogP contribution < -0.4 is 5.73 Å². The summed E-state index contributed by atoms with van der Waals surface area (Å²) in [7, 11) is 2.14. The zero-order valence-electron chi connectivity index (χ0n) is 8.76. The molecule has 0 aromatic rings. The van der Waals surface area contributed by atoms with E-state index in [-0.39, 0.29) is 5.54 Å². The number of nitrogens with two attached hydrogens (primary N) is 1. The molecular formula is C9H22N2S. The Balaban J connectivity index is 3.60. The van der Waals surface area contributed by atoms with Gasteiger partial charge in [0.15, 0.2) is 0 Å². The summed E-state index contributed by atoms with van der Waals surface area (Å²) in [5.74, 6) is 1.19. The number of likely N-dealkylation sites (N-methyl/N-ethyl adjacent to an activating group) is 1. The van der Waals surface area contributed by atoms with Gasteiger partial charge in [0.1, 0.15) is 0 Å². The largest absolute Gasteiger partial charge is 0.324 e. The first-order chi connectivity index (χ1) is 5.52. The normalized spacial score (nSPS) is 16.5. The SMILES string of the molecule is CCC(C)(N)CN(C)CCSC. The Labute approximate surface area is 80.9 Å². The Morgan fingerprint density at radius 1 is 1.50 bits per heavy atom. The van der Waals surface area contributed by atoms with Crippen molar-refractivity contribution < 1.29 is 0 Å². The van der Waals surface area contributed by atoms with Crippen LogP contribution in [-0.2, 0) is 0 Å². The van der Waals surface area contributed by atoms with Gasteiger partial charge in [-0.1, -0.05) is 6.92 Å². The van der Waals surface area contributed by atoms with Crippen molar-refractivity contribution in [3.05, 3.63) is 0 Å². The summed E-state index contributed by atoms with van der Waals surface area (Å²) in [6.07, 6.45) is 3.17. The van der Waals surface area contributed by atoms with Gasteiger partial charge in [0, 0.05) is 24.4 Å². The highest BCUT2D eigenvalue weighted by molar-refractivity contribution is 7.98. The monoisotopic (exact) mass is 190 g/mol. The molecule has 0 saturated heterocycles. The molecule has 0 aromatic heterocycles. The molecule has 2 N–H and O–H groups in total. The minimum atomic E-state index is -0.0207. The first-order valence-corrected chi connectivity index (χ1v) is 5.87.